The fraction of sp³-hybridized carbons (Fsp3) is 0.250. The van der Waals surface area contributed by atoms with Gasteiger partial charge in [0.25, 0.3) is 0 Å². The van der Waals surface area contributed by atoms with Crippen molar-refractivity contribution in [1.82, 2.24) is 14.6 Å². The first-order valence-electron chi connectivity index (χ1n) is 4.45. The smallest absolute Gasteiger partial charge is 0.368 e. The van der Waals surface area contributed by atoms with Gasteiger partial charge in [0, 0.05) is 11.8 Å². The summed E-state index contributed by atoms with van der Waals surface area (Å²) in [5.74, 6) is 0.336. The second kappa shape index (κ2) is 4.45. The Morgan fingerprint density at radius 3 is 3.06 bits per heavy atom. The molecule has 0 radical (unpaired) electrons. The minimum absolute atomic E-state index is 0.0381. The topological polar surface area (TPSA) is 93.6 Å². The molecule has 0 saturated heterocycles. The van der Waals surface area contributed by atoms with E-state index in [2.05, 4.69) is 10.1 Å². The van der Waals surface area contributed by atoms with Gasteiger partial charge in [0.2, 0.25) is 5.65 Å². The minimum atomic E-state index is -0.534. The highest BCUT2D eigenvalue weighted by Gasteiger charge is 2.15. The summed E-state index contributed by atoms with van der Waals surface area (Å²) in [4.78, 5) is 14.0. The van der Waals surface area contributed by atoms with Gasteiger partial charge in [0.15, 0.2) is 0 Å². The molecule has 0 aliphatic heterocycles. The Balaban J connectivity index is 2.42. The molecule has 16 heavy (non-hydrogen) atoms. The Morgan fingerprint density at radius 2 is 2.38 bits per heavy atom. The molecule has 0 saturated carbocycles. The van der Waals surface area contributed by atoms with E-state index in [0.717, 1.165) is 0 Å². The van der Waals surface area contributed by atoms with E-state index in [-0.39, 0.29) is 12.4 Å². The number of rotatable bonds is 4. The zero-order chi connectivity index (χ0) is 11.5. The predicted molar refractivity (Wildman–Crippen MR) is 57.5 cm³/mol. The van der Waals surface area contributed by atoms with Gasteiger partial charge in [-0.05, 0) is 11.0 Å². The van der Waals surface area contributed by atoms with Crippen molar-refractivity contribution in [3.05, 3.63) is 28.4 Å². The van der Waals surface area contributed by atoms with E-state index >= 15 is 0 Å². The molecule has 0 atom stereocenters. The third-order valence-electron chi connectivity index (χ3n) is 1.85. The number of aliphatic hydroxyl groups is 1. The fourth-order valence-corrected chi connectivity index (χ4v) is 1.80. The van der Waals surface area contributed by atoms with Gasteiger partial charge in [-0.1, -0.05) is 9.61 Å². The molecule has 2 aromatic rings. The molecule has 0 fully saturated rings. The van der Waals surface area contributed by atoms with Crippen molar-refractivity contribution in [2.24, 2.45) is 0 Å². The molecule has 8 heteroatoms. The van der Waals surface area contributed by atoms with Gasteiger partial charge in [0.1, 0.15) is 11.2 Å². The van der Waals surface area contributed by atoms with Crippen molar-refractivity contribution in [3.8, 4) is 0 Å². The van der Waals surface area contributed by atoms with E-state index in [1.165, 1.54) is 22.5 Å². The SMILES string of the molecule is O=[N+]([O-])c1cnc2ccc(SCCO)nn12. The molecule has 0 amide bonds. The maximum atomic E-state index is 10.7. The summed E-state index contributed by atoms with van der Waals surface area (Å²) in [7, 11) is 0. The third kappa shape index (κ3) is 1.97. The van der Waals surface area contributed by atoms with Gasteiger partial charge in [-0.15, -0.1) is 11.8 Å². The maximum Gasteiger partial charge on any atom is 0.368 e. The molecule has 0 aliphatic carbocycles. The fourth-order valence-electron chi connectivity index (χ4n) is 1.20. The summed E-state index contributed by atoms with van der Waals surface area (Å²) in [5, 5.41) is 24.0. The highest BCUT2D eigenvalue weighted by atomic mass is 32.2. The lowest BCUT2D eigenvalue weighted by Gasteiger charge is -1.96. The van der Waals surface area contributed by atoms with E-state index in [1.807, 2.05) is 0 Å². The van der Waals surface area contributed by atoms with Crippen LogP contribution in [-0.4, -0.2) is 37.0 Å². The summed E-state index contributed by atoms with van der Waals surface area (Å²) in [5.41, 5.74) is 0.431. The lowest BCUT2D eigenvalue weighted by Crippen LogP contribution is -1.99. The van der Waals surface area contributed by atoms with Crippen LogP contribution in [0.1, 0.15) is 0 Å². The lowest BCUT2D eigenvalue weighted by atomic mass is 10.6. The first-order chi connectivity index (χ1) is 7.72. The van der Waals surface area contributed by atoms with Gasteiger partial charge in [-0.3, -0.25) is 0 Å². The molecule has 84 valence electrons. The van der Waals surface area contributed by atoms with Crippen LogP contribution in [0, 0.1) is 10.1 Å². The van der Waals surface area contributed by atoms with Crippen molar-refractivity contribution in [2.75, 3.05) is 12.4 Å². The Labute approximate surface area is 94.3 Å². The first kappa shape index (κ1) is 10.8. The Bertz CT molecular complexity index is 527. The molecule has 0 aliphatic rings. The monoisotopic (exact) mass is 240 g/mol. The molecule has 0 spiro atoms. The third-order valence-corrected chi connectivity index (χ3v) is 2.75. The zero-order valence-corrected chi connectivity index (χ0v) is 8.92. The number of hydrogen-bond acceptors (Lipinski definition) is 6. The largest absolute Gasteiger partial charge is 0.396 e. The van der Waals surface area contributed by atoms with Crippen molar-refractivity contribution in [2.45, 2.75) is 5.03 Å². The molecule has 1 N–H and O–H groups in total. The minimum Gasteiger partial charge on any atom is -0.396 e. The van der Waals surface area contributed by atoms with Crippen LogP contribution in [-0.2, 0) is 0 Å². The first-order valence-corrected chi connectivity index (χ1v) is 5.44. The van der Waals surface area contributed by atoms with E-state index in [4.69, 9.17) is 5.11 Å². The Kier molecular flexibility index (Phi) is 3.02. The number of aliphatic hydroxyl groups excluding tert-OH is 1. The Hall–Kier alpha value is -1.67. The molecule has 2 rings (SSSR count). The normalized spacial score (nSPS) is 10.8. The summed E-state index contributed by atoms with van der Waals surface area (Å²) in [6, 6.07) is 3.37. The van der Waals surface area contributed by atoms with E-state index < -0.39 is 4.92 Å². The molecule has 0 aromatic carbocycles. The molecule has 0 unspecified atom stereocenters. The zero-order valence-electron chi connectivity index (χ0n) is 8.11. The summed E-state index contributed by atoms with van der Waals surface area (Å²) < 4.78 is 1.18. The summed E-state index contributed by atoms with van der Waals surface area (Å²) in [6.45, 7) is 0.0381. The number of nitrogens with zero attached hydrogens (tertiary/aromatic N) is 4. The number of aromatic nitrogens is 3. The van der Waals surface area contributed by atoms with Crippen LogP contribution in [0.5, 0.6) is 0 Å². The van der Waals surface area contributed by atoms with Gasteiger partial charge in [0.05, 0.1) is 6.61 Å². The van der Waals surface area contributed by atoms with E-state index in [1.54, 1.807) is 12.1 Å². The van der Waals surface area contributed by atoms with Gasteiger partial charge >= 0.3 is 5.82 Å². The van der Waals surface area contributed by atoms with E-state index in [9.17, 15) is 10.1 Å². The number of fused-ring (bicyclic) bond motifs is 1. The summed E-state index contributed by atoms with van der Waals surface area (Å²) >= 11 is 1.33. The molecule has 0 bridgehead atoms. The van der Waals surface area contributed by atoms with Crippen LogP contribution >= 0.6 is 11.8 Å². The van der Waals surface area contributed by atoms with Crippen LogP contribution in [0.25, 0.3) is 5.65 Å². The number of thioether (sulfide) groups is 1. The van der Waals surface area contributed by atoms with Gasteiger partial charge < -0.3 is 15.2 Å². The standard InChI is InChI=1S/C8H8N4O3S/c13-3-4-16-7-2-1-6-9-5-8(12(14)15)11(6)10-7/h1-2,5,13H,3-4H2. The molecular weight excluding hydrogens is 232 g/mol. The quantitative estimate of drug-likeness (QED) is 0.481. The number of imidazole rings is 1. The predicted octanol–water partition coefficient (Wildman–Crippen LogP) is 0.722. The average molecular weight is 240 g/mol. The average Bonchev–Trinajstić information content (AvgIpc) is 2.69. The van der Waals surface area contributed by atoms with Crippen molar-refractivity contribution in [3.63, 3.8) is 0 Å². The molecule has 2 aromatic heterocycles. The summed E-state index contributed by atoms with van der Waals surface area (Å²) in [6.07, 6.45) is 1.17. The number of nitro groups is 1. The van der Waals surface area contributed by atoms with Crippen molar-refractivity contribution in [1.29, 1.82) is 0 Å². The lowest BCUT2D eigenvalue weighted by molar-refractivity contribution is -0.391. The second-order valence-corrected chi connectivity index (χ2v) is 4.00. The van der Waals surface area contributed by atoms with Crippen LogP contribution in [0.4, 0.5) is 5.82 Å². The maximum absolute atomic E-state index is 10.7. The van der Waals surface area contributed by atoms with Crippen molar-refractivity contribution < 1.29 is 10.0 Å². The van der Waals surface area contributed by atoms with Crippen molar-refractivity contribution >= 4 is 23.2 Å². The number of hydrogen-bond donors (Lipinski definition) is 1. The van der Waals surface area contributed by atoms with Crippen LogP contribution in [0.15, 0.2) is 23.4 Å². The van der Waals surface area contributed by atoms with Gasteiger partial charge in [-0.2, -0.15) is 0 Å². The highest BCUT2D eigenvalue weighted by molar-refractivity contribution is 7.99. The van der Waals surface area contributed by atoms with Crippen LogP contribution < -0.4 is 0 Å². The molecule has 7 nitrogen and oxygen atoms in total. The Morgan fingerprint density at radius 1 is 1.56 bits per heavy atom. The molecular formula is C8H8N4O3S. The van der Waals surface area contributed by atoms with Crippen LogP contribution in [0.2, 0.25) is 0 Å². The second-order valence-electron chi connectivity index (χ2n) is 2.89. The van der Waals surface area contributed by atoms with Gasteiger partial charge in [-0.25, -0.2) is 4.98 Å². The van der Waals surface area contributed by atoms with Crippen LogP contribution in [0.3, 0.4) is 0 Å². The molecule has 2 heterocycles. The van der Waals surface area contributed by atoms with E-state index in [0.29, 0.717) is 16.4 Å². The highest BCUT2D eigenvalue weighted by Crippen LogP contribution is 2.18.